The normalized spacial score (nSPS) is 13.1. The maximum Gasteiger partial charge on any atom is 0.278 e. The van der Waals surface area contributed by atoms with Crippen molar-refractivity contribution in [2.24, 2.45) is 0 Å². The van der Waals surface area contributed by atoms with Crippen molar-refractivity contribution >= 4 is 17.4 Å². The Morgan fingerprint density at radius 2 is 1.78 bits per heavy atom. The number of anilines is 2. The minimum atomic E-state index is -0.0908. The number of amides is 1. The van der Waals surface area contributed by atoms with Gasteiger partial charge < -0.3 is 9.80 Å². The number of aromatic nitrogens is 2. The van der Waals surface area contributed by atoms with Gasteiger partial charge >= 0.3 is 0 Å². The molecule has 27 heavy (non-hydrogen) atoms. The SMILES string of the molecule is CN(Cc1ccccc1)c1ccc(C(=O)N2CCCc3ccccc32)nn1. The van der Waals surface area contributed by atoms with E-state index >= 15 is 0 Å². The molecule has 5 heteroatoms. The van der Waals surface area contributed by atoms with E-state index < -0.39 is 0 Å². The fraction of sp³-hybridized carbons (Fsp3) is 0.227. The lowest BCUT2D eigenvalue weighted by Gasteiger charge is -2.29. The van der Waals surface area contributed by atoms with Crippen molar-refractivity contribution in [1.29, 1.82) is 0 Å². The standard InChI is InChI=1S/C22H22N4O/c1-25(16-17-8-3-2-4-9-17)21-14-13-19(23-24-21)22(27)26-15-7-11-18-10-5-6-12-20(18)26/h2-6,8-10,12-14H,7,11,15-16H2,1H3. The highest BCUT2D eigenvalue weighted by Crippen LogP contribution is 2.27. The molecule has 136 valence electrons. The molecule has 0 fully saturated rings. The summed E-state index contributed by atoms with van der Waals surface area (Å²) in [4.78, 5) is 16.8. The third-order valence-corrected chi connectivity index (χ3v) is 4.88. The summed E-state index contributed by atoms with van der Waals surface area (Å²) in [5.74, 6) is 0.654. The van der Waals surface area contributed by atoms with Gasteiger partial charge in [-0.1, -0.05) is 48.5 Å². The topological polar surface area (TPSA) is 49.3 Å². The van der Waals surface area contributed by atoms with Crippen LogP contribution in [0.4, 0.5) is 11.5 Å². The highest BCUT2D eigenvalue weighted by Gasteiger charge is 2.24. The van der Waals surface area contributed by atoms with E-state index in [1.165, 1.54) is 11.1 Å². The summed E-state index contributed by atoms with van der Waals surface area (Å²) in [6, 6.07) is 21.9. The summed E-state index contributed by atoms with van der Waals surface area (Å²) in [7, 11) is 1.97. The predicted octanol–water partition coefficient (Wildman–Crippen LogP) is 3.71. The number of hydrogen-bond acceptors (Lipinski definition) is 4. The molecule has 0 atom stereocenters. The van der Waals surface area contributed by atoms with Gasteiger partial charge in [-0.05, 0) is 42.2 Å². The molecule has 4 rings (SSSR count). The van der Waals surface area contributed by atoms with Crippen molar-refractivity contribution in [3.8, 4) is 0 Å². The second-order valence-electron chi connectivity index (χ2n) is 6.81. The van der Waals surface area contributed by atoms with Crippen LogP contribution in [0.1, 0.15) is 28.0 Å². The van der Waals surface area contributed by atoms with Crippen LogP contribution in [0, 0.1) is 0 Å². The number of nitrogens with zero attached hydrogens (tertiary/aromatic N) is 4. The molecule has 1 amide bonds. The Morgan fingerprint density at radius 3 is 2.56 bits per heavy atom. The van der Waals surface area contributed by atoms with Gasteiger partial charge in [-0.3, -0.25) is 4.79 Å². The predicted molar refractivity (Wildman–Crippen MR) is 107 cm³/mol. The van der Waals surface area contributed by atoms with Gasteiger partial charge in [-0.2, -0.15) is 0 Å². The summed E-state index contributed by atoms with van der Waals surface area (Å²) in [6.45, 7) is 1.45. The first-order chi connectivity index (χ1) is 13.2. The van der Waals surface area contributed by atoms with Crippen molar-refractivity contribution in [1.82, 2.24) is 10.2 Å². The van der Waals surface area contributed by atoms with Crippen molar-refractivity contribution in [3.63, 3.8) is 0 Å². The van der Waals surface area contributed by atoms with Crippen LogP contribution in [0.5, 0.6) is 0 Å². The number of carbonyl (C=O) groups excluding carboxylic acids is 1. The Morgan fingerprint density at radius 1 is 1.00 bits per heavy atom. The molecule has 3 aromatic rings. The Balaban J connectivity index is 1.50. The summed E-state index contributed by atoms with van der Waals surface area (Å²) in [5, 5.41) is 8.48. The quantitative estimate of drug-likeness (QED) is 0.713. The van der Waals surface area contributed by atoms with Crippen LogP contribution in [0.25, 0.3) is 0 Å². The molecular weight excluding hydrogens is 336 g/mol. The second kappa shape index (κ2) is 7.58. The monoisotopic (exact) mass is 358 g/mol. The van der Waals surface area contributed by atoms with Crippen LogP contribution in [0.3, 0.4) is 0 Å². The second-order valence-corrected chi connectivity index (χ2v) is 6.81. The van der Waals surface area contributed by atoms with Crippen molar-refractivity contribution < 1.29 is 4.79 Å². The van der Waals surface area contributed by atoms with E-state index in [1.807, 2.05) is 59.3 Å². The Bertz CT molecular complexity index is 925. The Labute approximate surface area is 159 Å². The number of para-hydroxylation sites is 1. The number of hydrogen-bond donors (Lipinski definition) is 0. The number of benzene rings is 2. The Hall–Kier alpha value is -3.21. The molecule has 0 aliphatic carbocycles. The zero-order valence-corrected chi connectivity index (χ0v) is 15.4. The molecule has 0 saturated carbocycles. The lowest BCUT2D eigenvalue weighted by Crippen LogP contribution is -2.36. The van der Waals surface area contributed by atoms with E-state index in [9.17, 15) is 4.79 Å². The molecule has 0 saturated heterocycles. The van der Waals surface area contributed by atoms with Crippen LogP contribution in [0.15, 0.2) is 66.7 Å². The van der Waals surface area contributed by atoms with Gasteiger partial charge in [-0.15, -0.1) is 10.2 Å². The average molecular weight is 358 g/mol. The molecule has 0 spiro atoms. The number of carbonyl (C=O) groups is 1. The molecule has 5 nitrogen and oxygen atoms in total. The fourth-order valence-electron chi connectivity index (χ4n) is 3.46. The maximum absolute atomic E-state index is 12.9. The van der Waals surface area contributed by atoms with Crippen LogP contribution >= 0.6 is 0 Å². The molecular formula is C22H22N4O. The van der Waals surface area contributed by atoms with Crippen LogP contribution in [-0.2, 0) is 13.0 Å². The smallest absolute Gasteiger partial charge is 0.278 e. The third kappa shape index (κ3) is 3.67. The summed E-state index contributed by atoms with van der Waals surface area (Å²) >= 11 is 0. The van der Waals surface area contributed by atoms with E-state index in [0.717, 1.165) is 30.9 Å². The molecule has 1 aromatic heterocycles. The molecule has 0 bridgehead atoms. The maximum atomic E-state index is 12.9. The first-order valence-corrected chi connectivity index (χ1v) is 9.21. The van der Waals surface area contributed by atoms with Gasteiger partial charge in [0.2, 0.25) is 0 Å². The van der Waals surface area contributed by atoms with Crippen LogP contribution in [0.2, 0.25) is 0 Å². The van der Waals surface area contributed by atoms with Gasteiger partial charge in [0.25, 0.3) is 5.91 Å². The van der Waals surface area contributed by atoms with E-state index in [2.05, 4.69) is 28.4 Å². The number of rotatable bonds is 4. The zero-order chi connectivity index (χ0) is 18.6. The van der Waals surface area contributed by atoms with Gasteiger partial charge in [0, 0.05) is 25.8 Å². The lowest BCUT2D eigenvalue weighted by molar-refractivity contribution is 0.0979. The minimum Gasteiger partial charge on any atom is -0.354 e. The summed E-state index contributed by atoms with van der Waals surface area (Å²) in [6.07, 6.45) is 1.98. The highest BCUT2D eigenvalue weighted by atomic mass is 16.2. The summed E-state index contributed by atoms with van der Waals surface area (Å²) in [5.41, 5.74) is 3.78. The molecule has 1 aliphatic heterocycles. The van der Waals surface area contributed by atoms with Crippen molar-refractivity contribution in [2.45, 2.75) is 19.4 Å². The molecule has 2 heterocycles. The average Bonchev–Trinajstić information content (AvgIpc) is 2.73. The fourth-order valence-corrected chi connectivity index (χ4v) is 3.46. The first kappa shape index (κ1) is 17.2. The van der Waals surface area contributed by atoms with E-state index in [4.69, 9.17) is 0 Å². The van der Waals surface area contributed by atoms with Crippen molar-refractivity contribution in [3.05, 3.63) is 83.6 Å². The lowest BCUT2D eigenvalue weighted by atomic mass is 10.0. The van der Waals surface area contributed by atoms with E-state index in [1.54, 1.807) is 6.07 Å². The van der Waals surface area contributed by atoms with Crippen LogP contribution in [-0.4, -0.2) is 29.7 Å². The minimum absolute atomic E-state index is 0.0908. The first-order valence-electron chi connectivity index (χ1n) is 9.21. The third-order valence-electron chi connectivity index (χ3n) is 4.88. The molecule has 0 N–H and O–H groups in total. The van der Waals surface area contributed by atoms with Gasteiger partial charge in [0.05, 0.1) is 0 Å². The molecule has 0 unspecified atom stereocenters. The number of fused-ring (bicyclic) bond motifs is 1. The summed E-state index contributed by atoms with van der Waals surface area (Å²) < 4.78 is 0. The highest BCUT2D eigenvalue weighted by molar-refractivity contribution is 6.05. The van der Waals surface area contributed by atoms with Gasteiger partial charge in [0.1, 0.15) is 0 Å². The van der Waals surface area contributed by atoms with Crippen molar-refractivity contribution in [2.75, 3.05) is 23.4 Å². The molecule has 2 aromatic carbocycles. The molecule has 0 radical (unpaired) electrons. The van der Waals surface area contributed by atoms with Crippen LogP contribution < -0.4 is 9.80 Å². The van der Waals surface area contributed by atoms with Gasteiger partial charge in [-0.25, -0.2) is 0 Å². The largest absolute Gasteiger partial charge is 0.354 e. The Kier molecular flexibility index (Phi) is 4.83. The van der Waals surface area contributed by atoms with E-state index in [0.29, 0.717) is 12.2 Å². The molecule has 1 aliphatic rings. The zero-order valence-electron chi connectivity index (χ0n) is 15.4. The van der Waals surface area contributed by atoms with E-state index in [-0.39, 0.29) is 5.91 Å². The van der Waals surface area contributed by atoms with Gasteiger partial charge in [0.15, 0.2) is 11.5 Å². The number of aryl methyl sites for hydroxylation is 1.